The zero-order valence-corrected chi connectivity index (χ0v) is 15.6. The number of cyclic esters (lactones) is 1. The minimum atomic E-state index is -0.417. The van der Waals surface area contributed by atoms with E-state index in [0.717, 1.165) is 22.0 Å². The zero-order chi connectivity index (χ0) is 19.5. The largest absolute Gasteiger partial charge is 0.493 e. The summed E-state index contributed by atoms with van der Waals surface area (Å²) in [6, 6.07) is 13.5. The van der Waals surface area contributed by atoms with Gasteiger partial charge >= 0.3 is 6.09 Å². The second kappa shape index (κ2) is 7.64. The van der Waals surface area contributed by atoms with E-state index < -0.39 is 6.09 Å². The predicted octanol–water partition coefficient (Wildman–Crippen LogP) is 3.41. The molecule has 1 saturated heterocycles. The van der Waals surface area contributed by atoms with E-state index in [4.69, 9.17) is 18.9 Å². The first-order valence-electron chi connectivity index (χ1n) is 8.86. The van der Waals surface area contributed by atoms with Crippen molar-refractivity contribution >= 4 is 17.0 Å². The molecule has 0 spiro atoms. The maximum atomic E-state index is 11.2. The van der Waals surface area contributed by atoms with Gasteiger partial charge in [-0.2, -0.15) is 0 Å². The second-order valence-corrected chi connectivity index (χ2v) is 6.33. The van der Waals surface area contributed by atoms with Gasteiger partial charge in [0.05, 0.1) is 26.3 Å². The minimum absolute atomic E-state index is 0.262. The quantitative estimate of drug-likeness (QED) is 0.706. The van der Waals surface area contributed by atoms with Gasteiger partial charge in [0, 0.05) is 11.6 Å². The molecule has 28 heavy (non-hydrogen) atoms. The molecule has 1 N–H and O–H groups in total. The third-order valence-electron chi connectivity index (χ3n) is 4.57. The Morgan fingerprint density at radius 1 is 1.07 bits per heavy atom. The molecule has 4 rings (SSSR count). The van der Waals surface area contributed by atoms with Crippen LogP contribution in [0.2, 0.25) is 0 Å². The summed E-state index contributed by atoms with van der Waals surface area (Å²) in [5.74, 6) is 1.99. The Morgan fingerprint density at radius 3 is 2.64 bits per heavy atom. The SMILES string of the molecule is COc1ccc(-c2cc(OCC3CNC(=O)O3)c3cccnc3c2)cc1OC. The number of hydrogen-bond donors (Lipinski definition) is 1. The van der Waals surface area contributed by atoms with Crippen molar-refractivity contribution in [2.75, 3.05) is 27.4 Å². The van der Waals surface area contributed by atoms with E-state index in [2.05, 4.69) is 10.3 Å². The number of hydrogen-bond acceptors (Lipinski definition) is 6. The Morgan fingerprint density at radius 2 is 1.89 bits per heavy atom. The molecule has 0 radical (unpaired) electrons. The number of methoxy groups -OCH3 is 2. The van der Waals surface area contributed by atoms with E-state index in [1.54, 1.807) is 20.4 Å². The van der Waals surface area contributed by atoms with Crippen LogP contribution in [-0.2, 0) is 4.74 Å². The molecule has 7 nitrogen and oxygen atoms in total. The van der Waals surface area contributed by atoms with Crippen molar-refractivity contribution in [3.8, 4) is 28.4 Å². The number of rotatable bonds is 6. The maximum Gasteiger partial charge on any atom is 0.407 e. The Labute approximate surface area is 162 Å². The number of carbonyl (C=O) groups is 1. The van der Waals surface area contributed by atoms with Crippen molar-refractivity contribution < 1.29 is 23.7 Å². The average molecular weight is 380 g/mol. The number of benzene rings is 2. The first kappa shape index (κ1) is 17.9. The van der Waals surface area contributed by atoms with Crippen LogP contribution in [0.5, 0.6) is 17.2 Å². The van der Waals surface area contributed by atoms with Gasteiger partial charge in [-0.15, -0.1) is 0 Å². The normalized spacial score (nSPS) is 15.8. The van der Waals surface area contributed by atoms with Gasteiger partial charge < -0.3 is 24.3 Å². The number of nitrogens with zero attached hydrogens (tertiary/aromatic N) is 1. The summed E-state index contributed by atoms with van der Waals surface area (Å²) >= 11 is 0. The molecule has 1 unspecified atom stereocenters. The lowest BCUT2D eigenvalue weighted by Crippen LogP contribution is -2.22. The number of fused-ring (bicyclic) bond motifs is 1. The lowest BCUT2D eigenvalue weighted by molar-refractivity contribution is 0.105. The fourth-order valence-corrected chi connectivity index (χ4v) is 3.16. The number of pyridine rings is 1. The van der Waals surface area contributed by atoms with Gasteiger partial charge in [-0.1, -0.05) is 6.07 Å². The molecule has 1 amide bonds. The molecule has 1 aromatic heterocycles. The number of ether oxygens (including phenoxy) is 4. The van der Waals surface area contributed by atoms with Gasteiger partial charge in [-0.05, 0) is 47.5 Å². The Balaban J connectivity index is 1.70. The van der Waals surface area contributed by atoms with E-state index >= 15 is 0 Å². The van der Waals surface area contributed by atoms with Gasteiger partial charge in [-0.3, -0.25) is 4.98 Å². The lowest BCUT2D eigenvalue weighted by atomic mass is 10.0. The standard InChI is InChI=1S/C21H20N2O5/c1-25-18-6-5-13(9-20(18)26-2)14-8-17-16(4-3-7-22-17)19(10-14)27-12-15-11-23-21(24)28-15/h3-10,15H,11-12H2,1-2H3,(H,23,24). The summed E-state index contributed by atoms with van der Waals surface area (Å²) < 4.78 is 21.9. The van der Waals surface area contributed by atoms with Gasteiger partial charge in [0.15, 0.2) is 17.6 Å². The van der Waals surface area contributed by atoms with E-state index in [9.17, 15) is 4.79 Å². The molecular weight excluding hydrogens is 360 g/mol. The van der Waals surface area contributed by atoms with Crippen LogP contribution in [0.1, 0.15) is 0 Å². The molecule has 2 heterocycles. The zero-order valence-electron chi connectivity index (χ0n) is 15.6. The number of alkyl carbamates (subject to hydrolysis) is 1. The highest BCUT2D eigenvalue weighted by molar-refractivity contribution is 5.90. The summed E-state index contributed by atoms with van der Waals surface area (Å²) in [6.45, 7) is 0.697. The van der Waals surface area contributed by atoms with Crippen molar-refractivity contribution in [2.24, 2.45) is 0 Å². The monoisotopic (exact) mass is 380 g/mol. The van der Waals surface area contributed by atoms with E-state index in [-0.39, 0.29) is 12.7 Å². The predicted molar refractivity (Wildman–Crippen MR) is 104 cm³/mol. The number of nitrogens with one attached hydrogen (secondary N) is 1. The topological polar surface area (TPSA) is 78.9 Å². The Hall–Kier alpha value is -3.48. The highest BCUT2D eigenvalue weighted by Crippen LogP contribution is 2.36. The molecule has 1 aliphatic heterocycles. The molecule has 2 aromatic carbocycles. The number of aromatic nitrogens is 1. The first-order chi connectivity index (χ1) is 13.7. The van der Waals surface area contributed by atoms with Crippen molar-refractivity contribution in [3.05, 3.63) is 48.7 Å². The van der Waals surface area contributed by atoms with Crippen LogP contribution in [0.25, 0.3) is 22.0 Å². The van der Waals surface area contributed by atoms with Gasteiger partial charge in [-0.25, -0.2) is 4.79 Å². The molecule has 144 valence electrons. The van der Waals surface area contributed by atoms with Crippen LogP contribution in [-0.4, -0.2) is 44.6 Å². The van der Waals surface area contributed by atoms with E-state index in [1.165, 1.54) is 0 Å². The number of carbonyl (C=O) groups excluding carboxylic acids is 1. The first-order valence-corrected chi connectivity index (χ1v) is 8.86. The molecular formula is C21H20N2O5. The van der Waals surface area contributed by atoms with Crippen LogP contribution in [0.4, 0.5) is 4.79 Å². The third kappa shape index (κ3) is 3.51. The van der Waals surface area contributed by atoms with Crippen molar-refractivity contribution in [1.29, 1.82) is 0 Å². The highest BCUT2D eigenvalue weighted by atomic mass is 16.6. The van der Waals surface area contributed by atoms with Crippen molar-refractivity contribution in [2.45, 2.75) is 6.10 Å². The smallest absolute Gasteiger partial charge is 0.407 e. The molecule has 7 heteroatoms. The van der Waals surface area contributed by atoms with Crippen molar-refractivity contribution in [3.63, 3.8) is 0 Å². The lowest BCUT2D eigenvalue weighted by Gasteiger charge is -2.15. The van der Waals surface area contributed by atoms with Crippen LogP contribution >= 0.6 is 0 Å². The molecule has 0 saturated carbocycles. The third-order valence-corrected chi connectivity index (χ3v) is 4.57. The summed E-state index contributed by atoms with van der Waals surface area (Å²) in [5, 5.41) is 3.52. The Kier molecular flexibility index (Phi) is 4.89. The fraction of sp³-hybridized carbons (Fsp3) is 0.238. The Bertz CT molecular complexity index is 1020. The van der Waals surface area contributed by atoms with Crippen LogP contribution in [0.15, 0.2) is 48.7 Å². The van der Waals surface area contributed by atoms with Crippen molar-refractivity contribution in [1.82, 2.24) is 10.3 Å². The van der Waals surface area contributed by atoms with Crippen LogP contribution < -0.4 is 19.5 Å². The molecule has 0 aliphatic carbocycles. The second-order valence-electron chi connectivity index (χ2n) is 6.33. The average Bonchev–Trinajstić information content (AvgIpc) is 3.16. The molecule has 3 aromatic rings. The van der Waals surface area contributed by atoms with E-state index in [0.29, 0.717) is 23.8 Å². The fourth-order valence-electron chi connectivity index (χ4n) is 3.16. The highest BCUT2D eigenvalue weighted by Gasteiger charge is 2.23. The number of amides is 1. The summed E-state index contributed by atoms with van der Waals surface area (Å²) in [7, 11) is 3.21. The maximum absolute atomic E-state index is 11.2. The molecule has 1 fully saturated rings. The van der Waals surface area contributed by atoms with Gasteiger partial charge in [0.1, 0.15) is 12.4 Å². The molecule has 0 bridgehead atoms. The summed E-state index contributed by atoms with van der Waals surface area (Å²) in [5.41, 5.74) is 2.69. The molecule has 1 atom stereocenters. The van der Waals surface area contributed by atoms with Gasteiger partial charge in [0.25, 0.3) is 0 Å². The summed E-state index contributed by atoms with van der Waals surface area (Å²) in [6.07, 6.45) is 1.01. The van der Waals surface area contributed by atoms with Crippen LogP contribution in [0.3, 0.4) is 0 Å². The van der Waals surface area contributed by atoms with Gasteiger partial charge in [0.2, 0.25) is 0 Å². The molecule has 1 aliphatic rings. The van der Waals surface area contributed by atoms with E-state index in [1.807, 2.05) is 42.5 Å². The summed E-state index contributed by atoms with van der Waals surface area (Å²) in [4.78, 5) is 15.7. The van der Waals surface area contributed by atoms with Crippen LogP contribution in [0, 0.1) is 0 Å². The minimum Gasteiger partial charge on any atom is -0.493 e.